The van der Waals surface area contributed by atoms with Crippen molar-refractivity contribution in [2.24, 2.45) is 4.99 Å². The van der Waals surface area contributed by atoms with Crippen LogP contribution in [-0.4, -0.2) is 21.8 Å². The average molecular weight is 323 g/mol. The van der Waals surface area contributed by atoms with Crippen LogP contribution in [0.4, 0.5) is 0 Å². The van der Waals surface area contributed by atoms with Crippen LogP contribution in [0.5, 0.6) is 0 Å². The van der Waals surface area contributed by atoms with Crippen LogP contribution in [0.25, 0.3) is 5.57 Å². The summed E-state index contributed by atoms with van der Waals surface area (Å²) in [7, 11) is 0. The second-order valence-electron chi connectivity index (χ2n) is 8.34. The molecule has 1 aromatic heterocycles. The molecule has 0 saturated carbocycles. The lowest BCUT2D eigenvalue weighted by Gasteiger charge is -2.29. The summed E-state index contributed by atoms with van der Waals surface area (Å²) < 4.78 is 0. The number of aryl methyl sites for hydroxylation is 2. The van der Waals surface area contributed by atoms with Gasteiger partial charge in [0.05, 0.1) is 11.4 Å². The van der Waals surface area contributed by atoms with E-state index in [1.165, 1.54) is 33.7 Å². The maximum Gasteiger partial charge on any atom is 0.0759 e. The number of aromatic nitrogens is 1. The third-order valence-corrected chi connectivity index (χ3v) is 4.81. The number of allylic oxidation sites excluding steroid dienone is 2. The molecule has 2 aliphatic heterocycles. The summed E-state index contributed by atoms with van der Waals surface area (Å²) >= 11 is 0. The van der Waals surface area contributed by atoms with Gasteiger partial charge in [-0.3, -0.25) is 10.3 Å². The molecule has 0 amide bonds. The zero-order chi connectivity index (χ0) is 17.9. The van der Waals surface area contributed by atoms with E-state index in [4.69, 9.17) is 4.99 Å². The van der Waals surface area contributed by atoms with E-state index in [2.05, 4.69) is 83.9 Å². The molecule has 0 aliphatic carbocycles. The van der Waals surface area contributed by atoms with Crippen LogP contribution in [0, 0.1) is 13.8 Å². The Morgan fingerprint density at radius 3 is 2.12 bits per heavy atom. The maximum absolute atomic E-state index is 4.87. The summed E-state index contributed by atoms with van der Waals surface area (Å²) in [6.07, 6.45) is 4.53. The van der Waals surface area contributed by atoms with Gasteiger partial charge in [0.2, 0.25) is 0 Å². The van der Waals surface area contributed by atoms with Crippen LogP contribution in [0.2, 0.25) is 0 Å². The molecule has 128 valence electrons. The molecule has 0 fully saturated rings. The quantitative estimate of drug-likeness (QED) is 0.802. The summed E-state index contributed by atoms with van der Waals surface area (Å²) in [5, 5.41) is 3.74. The Hall–Kier alpha value is -1.87. The van der Waals surface area contributed by atoms with Crippen LogP contribution in [0.15, 0.2) is 40.1 Å². The zero-order valence-corrected chi connectivity index (χ0v) is 16.2. The van der Waals surface area contributed by atoms with Gasteiger partial charge >= 0.3 is 0 Å². The Balaban J connectivity index is 2.32. The Labute approximate surface area is 145 Å². The van der Waals surface area contributed by atoms with E-state index in [9.17, 15) is 0 Å². The molecule has 3 nitrogen and oxygen atoms in total. The number of nitrogens with one attached hydrogen (secondary N) is 2. The van der Waals surface area contributed by atoms with E-state index in [-0.39, 0.29) is 11.1 Å². The zero-order valence-electron chi connectivity index (χ0n) is 16.2. The molecule has 0 radical (unpaired) electrons. The van der Waals surface area contributed by atoms with Gasteiger partial charge in [0.25, 0.3) is 0 Å². The van der Waals surface area contributed by atoms with Gasteiger partial charge < -0.3 is 4.98 Å². The van der Waals surface area contributed by atoms with Crippen molar-refractivity contribution in [1.29, 1.82) is 0 Å². The summed E-state index contributed by atoms with van der Waals surface area (Å²) in [6.45, 7) is 17.5. The highest BCUT2D eigenvalue weighted by Crippen LogP contribution is 2.43. The highest BCUT2D eigenvalue weighted by Gasteiger charge is 2.40. The van der Waals surface area contributed by atoms with E-state index in [0.29, 0.717) is 0 Å². The van der Waals surface area contributed by atoms with Crippen LogP contribution < -0.4 is 5.32 Å². The van der Waals surface area contributed by atoms with Crippen molar-refractivity contribution in [2.75, 3.05) is 0 Å². The SMILES string of the molecule is CC1=CC(C)=N/C1=C(/C1=CC(C)(C)NC1(C)C)c1[nH]c(C)cc1C. The van der Waals surface area contributed by atoms with Gasteiger partial charge in [0.15, 0.2) is 0 Å². The van der Waals surface area contributed by atoms with Gasteiger partial charge in [0.1, 0.15) is 0 Å². The number of H-pyrrole nitrogens is 1. The number of rotatable bonds is 2. The first-order valence-electron chi connectivity index (χ1n) is 8.68. The minimum Gasteiger partial charge on any atom is -0.358 e. The molecule has 3 heteroatoms. The normalized spacial score (nSPS) is 23.9. The first kappa shape index (κ1) is 17.0. The standard InChI is InChI=1S/C21H29N3/c1-12-9-14(3)22-18(12)17(19-13(2)10-15(4)23-19)16-11-20(5,6)24-21(16,7)8/h9-11,22,24H,1-8H3/b19-17-. The van der Waals surface area contributed by atoms with Crippen molar-refractivity contribution >= 4 is 11.3 Å². The molecule has 24 heavy (non-hydrogen) atoms. The lowest BCUT2D eigenvalue weighted by atomic mass is 9.85. The fourth-order valence-electron chi connectivity index (χ4n) is 4.14. The Kier molecular flexibility index (Phi) is 3.76. The molecule has 2 aliphatic rings. The predicted molar refractivity (Wildman–Crippen MR) is 103 cm³/mol. The molecule has 0 unspecified atom stereocenters. The first-order chi connectivity index (χ1) is 11.0. The monoisotopic (exact) mass is 323 g/mol. The van der Waals surface area contributed by atoms with Gasteiger partial charge in [-0.15, -0.1) is 0 Å². The van der Waals surface area contributed by atoms with Crippen molar-refractivity contribution in [1.82, 2.24) is 10.3 Å². The van der Waals surface area contributed by atoms with E-state index in [0.717, 1.165) is 11.4 Å². The third-order valence-electron chi connectivity index (χ3n) is 4.81. The van der Waals surface area contributed by atoms with Crippen molar-refractivity contribution in [2.45, 2.75) is 66.5 Å². The fraction of sp³-hybridized carbons (Fsp3) is 0.476. The molecule has 3 heterocycles. The van der Waals surface area contributed by atoms with Gasteiger partial charge in [-0.2, -0.15) is 0 Å². The number of hydrogen-bond acceptors (Lipinski definition) is 2. The van der Waals surface area contributed by atoms with Gasteiger partial charge in [-0.25, -0.2) is 0 Å². The molecule has 0 saturated heterocycles. The van der Waals surface area contributed by atoms with Crippen molar-refractivity contribution in [3.8, 4) is 0 Å². The highest BCUT2D eigenvalue weighted by molar-refractivity contribution is 6.01. The molecule has 0 bridgehead atoms. The topological polar surface area (TPSA) is 40.2 Å². The number of aliphatic imine (C=N–C) groups is 1. The molecule has 0 atom stereocenters. The van der Waals surface area contributed by atoms with Crippen molar-refractivity contribution in [3.05, 3.63) is 52.0 Å². The summed E-state index contributed by atoms with van der Waals surface area (Å²) in [5.74, 6) is 0. The van der Waals surface area contributed by atoms with Crippen LogP contribution >= 0.6 is 0 Å². The maximum atomic E-state index is 4.87. The molecular formula is C21H29N3. The smallest absolute Gasteiger partial charge is 0.0759 e. The molecule has 0 aromatic carbocycles. The largest absolute Gasteiger partial charge is 0.358 e. The molecule has 3 rings (SSSR count). The van der Waals surface area contributed by atoms with Crippen LogP contribution in [0.3, 0.4) is 0 Å². The van der Waals surface area contributed by atoms with Crippen LogP contribution in [-0.2, 0) is 0 Å². The van der Waals surface area contributed by atoms with E-state index in [1.54, 1.807) is 0 Å². The molecule has 0 spiro atoms. The van der Waals surface area contributed by atoms with E-state index in [1.807, 2.05) is 0 Å². The second-order valence-corrected chi connectivity index (χ2v) is 8.34. The summed E-state index contributed by atoms with van der Waals surface area (Å²) in [4.78, 5) is 8.45. The van der Waals surface area contributed by atoms with Crippen LogP contribution in [0.1, 0.15) is 58.5 Å². The lowest BCUT2D eigenvalue weighted by Crippen LogP contribution is -2.45. The van der Waals surface area contributed by atoms with E-state index >= 15 is 0 Å². The summed E-state index contributed by atoms with van der Waals surface area (Å²) in [5.41, 5.74) is 9.45. The van der Waals surface area contributed by atoms with Gasteiger partial charge in [-0.1, -0.05) is 6.08 Å². The number of hydrogen-bond donors (Lipinski definition) is 2. The molecule has 1 aromatic rings. The predicted octanol–water partition coefficient (Wildman–Crippen LogP) is 4.85. The molecular weight excluding hydrogens is 294 g/mol. The average Bonchev–Trinajstić information content (AvgIpc) is 2.97. The minimum atomic E-state index is -0.108. The Morgan fingerprint density at radius 2 is 1.71 bits per heavy atom. The second kappa shape index (κ2) is 5.32. The highest BCUT2D eigenvalue weighted by atomic mass is 15.1. The lowest BCUT2D eigenvalue weighted by molar-refractivity contribution is 0.392. The summed E-state index contributed by atoms with van der Waals surface area (Å²) in [6, 6.07) is 2.21. The third kappa shape index (κ3) is 2.82. The van der Waals surface area contributed by atoms with Gasteiger partial charge in [0, 0.05) is 28.1 Å². The number of nitrogens with zero attached hydrogens (tertiary/aromatic N) is 1. The molecule has 2 N–H and O–H groups in total. The van der Waals surface area contributed by atoms with Crippen molar-refractivity contribution < 1.29 is 0 Å². The van der Waals surface area contributed by atoms with Gasteiger partial charge in [-0.05, 0) is 84.2 Å². The Bertz CT molecular complexity index is 823. The first-order valence-corrected chi connectivity index (χ1v) is 8.68. The Morgan fingerprint density at radius 1 is 1.04 bits per heavy atom. The minimum absolute atomic E-state index is 0.0326. The number of aromatic amines is 1. The fourth-order valence-corrected chi connectivity index (χ4v) is 4.14. The van der Waals surface area contributed by atoms with E-state index < -0.39 is 0 Å². The van der Waals surface area contributed by atoms with Crippen molar-refractivity contribution in [3.63, 3.8) is 0 Å².